The number of ether oxygens (including phenoxy) is 1. The lowest BCUT2D eigenvalue weighted by Crippen LogP contribution is -2.36. The highest BCUT2D eigenvalue weighted by Gasteiger charge is 2.28. The van der Waals surface area contributed by atoms with Crippen LogP contribution in [-0.4, -0.2) is 32.9 Å². The van der Waals surface area contributed by atoms with Crippen molar-refractivity contribution in [1.29, 1.82) is 0 Å². The van der Waals surface area contributed by atoms with Crippen LogP contribution in [0.25, 0.3) is 0 Å². The Morgan fingerprint density at radius 2 is 2.12 bits per heavy atom. The van der Waals surface area contributed by atoms with E-state index in [1.165, 1.54) is 29.5 Å². The van der Waals surface area contributed by atoms with Crippen LogP contribution >= 0.6 is 11.3 Å². The van der Waals surface area contributed by atoms with E-state index in [1.54, 1.807) is 6.07 Å². The van der Waals surface area contributed by atoms with Gasteiger partial charge in [-0.15, -0.1) is 11.3 Å². The minimum Gasteiger partial charge on any atom is -0.494 e. The van der Waals surface area contributed by atoms with Gasteiger partial charge in [0, 0.05) is 13.1 Å². The molecule has 0 atom stereocenters. The molecule has 0 aliphatic carbocycles. The fourth-order valence-electron chi connectivity index (χ4n) is 2.71. The monoisotopic (exact) mass is 370 g/mol. The molecule has 1 aromatic heterocycles. The summed E-state index contributed by atoms with van der Waals surface area (Å²) in [5.74, 6) is -0.744. The summed E-state index contributed by atoms with van der Waals surface area (Å²) >= 11 is 1.02. The Balaban J connectivity index is 1.90. The lowest BCUT2D eigenvalue weighted by molar-refractivity contribution is 0.0735. The number of methoxy groups -OCH3 is 1. The van der Waals surface area contributed by atoms with Crippen molar-refractivity contribution in [2.24, 2.45) is 5.14 Å². The zero-order valence-corrected chi connectivity index (χ0v) is 14.4. The number of hydrogen-bond acceptors (Lipinski definition) is 5. The highest BCUT2D eigenvalue weighted by atomic mass is 32.2. The number of halogens is 1. The van der Waals surface area contributed by atoms with Gasteiger partial charge in [0.2, 0.25) is 10.0 Å². The number of nitrogens with zero attached hydrogens (tertiary/aromatic N) is 1. The summed E-state index contributed by atoms with van der Waals surface area (Å²) in [5, 5.41) is 6.65. The molecule has 3 rings (SSSR count). The molecule has 0 radical (unpaired) electrons. The molecule has 0 unspecified atom stereocenters. The maximum atomic E-state index is 13.9. The Morgan fingerprint density at radius 1 is 1.38 bits per heavy atom. The largest absolute Gasteiger partial charge is 0.494 e. The van der Waals surface area contributed by atoms with Gasteiger partial charge in [-0.25, -0.2) is 17.9 Å². The maximum absolute atomic E-state index is 13.9. The van der Waals surface area contributed by atoms with Crippen molar-refractivity contribution in [2.45, 2.75) is 17.9 Å². The quantitative estimate of drug-likeness (QED) is 0.891. The topological polar surface area (TPSA) is 89.7 Å². The van der Waals surface area contributed by atoms with Crippen molar-refractivity contribution in [3.05, 3.63) is 45.4 Å². The number of benzene rings is 1. The highest BCUT2D eigenvalue weighted by Crippen LogP contribution is 2.29. The van der Waals surface area contributed by atoms with Crippen LogP contribution in [-0.2, 0) is 23.0 Å². The van der Waals surface area contributed by atoms with Crippen molar-refractivity contribution in [3.63, 3.8) is 0 Å². The van der Waals surface area contributed by atoms with Gasteiger partial charge < -0.3 is 9.64 Å². The molecule has 0 saturated carbocycles. The molecule has 6 nitrogen and oxygen atoms in total. The first-order valence-corrected chi connectivity index (χ1v) is 9.48. The molecule has 1 aromatic carbocycles. The van der Waals surface area contributed by atoms with Crippen molar-refractivity contribution in [2.75, 3.05) is 13.7 Å². The number of carbonyl (C=O) groups excluding carboxylic acids is 1. The predicted molar refractivity (Wildman–Crippen MR) is 87.1 cm³/mol. The molecule has 128 valence electrons. The molecule has 24 heavy (non-hydrogen) atoms. The standard InChI is InChI=1S/C15H15FN2O4S2/c1-22-12-7-9-2-4-18(8-10(9)6-11(12)16)15(19)14-13(3-5-23-14)24(17,20)21/h3,5-7H,2,4,8H2,1H3,(H2,17,20,21). The second kappa shape index (κ2) is 6.15. The molecule has 2 heterocycles. The predicted octanol–water partition coefficient (Wildman–Crippen LogP) is 1.74. The van der Waals surface area contributed by atoms with Gasteiger partial charge in [0.15, 0.2) is 11.6 Å². The van der Waals surface area contributed by atoms with Gasteiger partial charge in [-0.3, -0.25) is 4.79 Å². The summed E-state index contributed by atoms with van der Waals surface area (Å²) in [6.07, 6.45) is 0.536. The molecule has 0 saturated heterocycles. The molecule has 2 N–H and O–H groups in total. The van der Waals surface area contributed by atoms with Crippen molar-refractivity contribution in [3.8, 4) is 5.75 Å². The van der Waals surface area contributed by atoms with Crippen LogP contribution < -0.4 is 9.88 Å². The number of hydrogen-bond donors (Lipinski definition) is 1. The van der Waals surface area contributed by atoms with E-state index in [9.17, 15) is 17.6 Å². The lowest BCUT2D eigenvalue weighted by Gasteiger charge is -2.29. The molecular formula is C15H15FN2O4S2. The zero-order valence-electron chi connectivity index (χ0n) is 12.8. The number of nitrogens with two attached hydrogens (primary N) is 1. The van der Waals surface area contributed by atoms with Crippen LogP contribution in [0.15, 0.2) is 28.5 Å². The van der Waals surface area contributed by atoms with E-state index in [0.29, 0.717) is 18.5 Å². The fraction of sp³-hybridized carbons (Fsp3) is 0.267. The first kappa shape index (κ1) is 16.9. The van der Waals surface area contributed by atoms with Crippen LogP contribution in [0.5, 0.6) is 5.75 Å². The maximum Gasteiger partial charge on any atom is 0.265 e. The lowest BCUT2D eigenvalue weighted by atomic mass is 9.99. The minimum atomic E-state index is -3.96. The first-order chi connectivity index (χ1) is 11.3. The van der Waals surface area contributed by atoms with Crippen molar-refractivity contribution >= 4 is 27.3 Å². The first-order valence-electron chi connectivity index (χ1n) is 7.06. The summed E-state index contributed by atoms with van der Waals surface area (Å²) in [4.78, 5) is 14.0. The summed E-state index contributed by atoms with van der Waals surface area (Å²) in [6.45, 7) is 0.611. The Bertz CT molecular complexity index is 908. The Hall–Kier alpha value is -1.97. The molecule has 2 aromatic rings. The van der Waals surface area contributed by atoms with E-state index in [1.807, 2.05) is 0 Å². The average molecular weight is 370 g/mol. The number of thiophene rings is 1. The normalized spacial score (nSPS) is 14.4. The summed E-state index contributed by atoms with van der Waals surface area (Å²) < 4.78 is 42.0. The average Bonchev–Trinajstić information content (AvgIpc) is 3.02. The van der Waals surface area contributed by atoms with E-state index in [4.69, 9.17) is 9.88 Å². The number of amides is 1. The summed E-state index contributed by atoms with van der Waals surface area (Å²) in [7, 11) is -2.57. The summed E-state index contributed by atoms with van der Waals surface area (Å²) in [5.41, 5.74) is 1.59. The van der Waals surface area contributed by atoms with Crippen molar-refractivity contribution in [1.82, 2.24) is 4.90 Å². The third-order valence-electron chi connectivity index (χ3n) is 3.90. The molecule has 1 aliphatic rings. The molecular weight excluding hydrogens is 355 g/mol. The number of primary sulfonamides is 1. The molecule has 0 fully saturated rings. The Labute approximate surface area is 142 Å². The van der Waals surface area contributed by atoms with Gasteiger partial charge in [-0.1, -0.05) is 0 Å². The van der Waals surface area contributed by atoms with E-state index in [0.717, 1.165) is 16.9 Å². The Morgan fingerprint density at radius 3 is 2.79 bits per heavy atom. The van der Waals surface area contributed by atoms with Gasteiger partial charge in [-0.2, -0.15) is 0 Å². The van der Waals surface area contributed by atoms with Crippen LogP contribution in [0.2, 0.25) is 0 Å². The van der Waals surface area contributed by atoms with Crippen LogP contribution in [0.3, 0.4) is 0 Å². The van der Waals surface area contributed by atoms with Crippen LogP contribution in [0.1, 0.15) is 20.8 Å². The third-order valence-corrected chi connectivity index (χ3v) is 5.89. The van der Waals surface area contributed by atoms with E-state index >= 15 is 0 Å². The number of rotatable bonds is 3. The molecule has 9 heteroatoms. The van der Waals surface area contributed by atoms with Gasteiger partial charge in [0.05, 0.1) is 7.11 Å². The minimum absolute atomic E-state index is 0.0786. The van der Waals surface area contributed by atoms with Gasteiger partial charge in [0.1, 0.15) is 9.77 Å². The smallest absolute Gasteiger partial charge is 0.265 e. The number of sulfonamides is 1. The van der Waals surface area contributed by atoms with Gasteiger partial charge in [-0.05, 0) is 41.1 Å². The second-order valence-corrected chi connectivity index (χ2v) is 7.84. The fourth-order valence-corrected chi connectivity index (χ4v) is 4.64. The zero-order chi connectivity index (χ0) is 17.5. The van der Waals surface area contributed by atoms with E-state index in [-0.39, 0.29) is 22.1 Å². The number of fused-ring (bicyclic) bond motifs is 1. The Kier molecular flexibility index (Phi) is 4.33. The number of carbonyl (C=O) groups is 1. The summed E-state index contributed by atoms with van der Waals surface area (Å²) in [6, 6.07) is 4.30. The highest BCUT2D eigenvalue weighted by molar-refractivity contribution is 7.89. The molecule has 1 amide bonds. The van der Waals surface area contributed by atoms with Crippen LogP contribution in [0.4, 0.5) is 4.39 Å². The molecule has 0 spiro atoms. The third kappa shape index (κ3) is 3.02. The van der Waals surface area contributed by atoms with Crippen LogP contribution in [0, 0.1) is 5.82 Å². The van der Waals surface area contributed by atoms with Crippen molar-refractivity contribution < 1.29 is 22.3 Å². The second-order valence-electron chi connectivity index (χ2n) is 5.39. The van der Waals surface area contributed by atoms with Gasteiger partial charge >= 0.3 is 0 Å². The van der Waals surface area contributed by atoms with Gasteiger partial charge in [0.25, 0.3) is 5.91 Å². The molecule has 1 aliphatic heterocycles. The van der Waals surface area contributed by atoms with E-state index in [2.05, 4.69) is 0 Å². The van der Waals surface area contributed by atoms with E-state index < -0.39 is 21.7 Å². The SMILES string of the molecule is COc1cc2c(cc1F)CN(C(=O)c1sccc1S(N)(=O)=O)CC2. The molecule has 0 bridgehead atoms.